The molecule has 90 valence electrons. The number of aromatic nitrogens is 2. The van der Waals surface area contributed by atoms with E-state index in [1.165, 1.54) is 16.8 Å². The number of aryl methyl sites for hydroxylation is 2. The Hall–Kier alpha value is -1.61. The van der Waals surface area contributed by atoms with Gasteiger partial charge in [-0.3, -0.25) is 0 Å². The minimum absolute atomic E-state index is 0.215. The van der Waals surface area contributed by atoms with Crippen molar-refractivity contribution in [1.82, 2.24) is 14.9 Å². The molecule has 1 N–H and O–H groups in total. The topological polar surface area (TPSA) is 29.9 Å². The van der Waals surface area contributed by atoms with E-state index in [-0.39, 0.29) is 6.04 Å². The normalized spacial score (nSPS) is 12.6. The van der Waals surface area contributed by atoms with Crippen molar-refractivity contribution >= 4 is 0 Å². The SMILES string of the molecule is CCNC(c1cccc(C)c1)c1cncn1C. The van der Waals surface area contributed by atoms with Crippen molar-refractivity contribution in [3.63, 3.8) is 0 Å². The van der Waals surface area contributed by atoms with Crippen LogP contribution in [0.3, 0.4) is 0 Å². The van der Waals surface area contributed by atoms with Crippen molar-refractivity contribution in [3.8, 4) is 0 Å². The maximum atomic E-state index is 4.20. The predicted octanol–water partition coefficient (Wildman–Crippen LogP) is 2.43. The molecule has 0 aliphatic carbocycles. The van der Waals surface area contributed by atoms with E-state index in [2.05, 4.69) is 53.0 Å². The van der Waals surface area contributed by atoms with Crippen LogP contribution in [-0.2, 0) is 7.05 Å². The van der Waals surface area contributed by atoms with Crippen LogP contribution in [0.5, 0.6) is 0 Å². The lowest BCUT2D eigenvalue weighted by molar-refractivity contribution is 0.593. The molecular weight excluding hydrogens is 210 g/mol. The number of hydrogen-bond acceptors (Lipinski definition) is 2. The second-order valence-electron chi connectivity index (χ2n) is 4.33. The fourth-order valence-electron chi connectivity index (χ4n) is 2.09. The standard InChI is InChI=1S/C14H19N3/c1-4-16-14(13-9-15-10-17(13)3)12-7-5-6-11(2)8-12/h5-10,14,16H,4H2,1-3H3. The Balaban J connectivity index is 2.39. The summed E-state index contributed by atoms with van der Waals surface area (Å²) < 4.78 is 2.07. The molecule has 0 saturated carbocycles. The van der Waals surface area contributed by atoms with Gasteiger partial charge in [0.2, 0.25) is 0 Å². The molecule has 0 bridgehead atoms. The Morgan fingerprint density at radius 1 is 1.41 bits per heavy atom. The molecule has 0 spiro atoms. The lowest BCUT2D eigenvalue weighted by Gasteiger charge is -2.19. The molecule has 0 radical (unpaired) electrons. The number of nitrogens with one attached hydrogen (secondary N) is 1. The molecular formula is C14H19N3. The third kappa shape index (κ3) is 2.56. The highest BCUT2D eigenvalue weighted by Crippen LogP contribution is 2.21. The van der Waals surface area contributed by atoms with Gasteiger partial charge in [-0.25, -0.2) is 4.98 Å². The van der Waals surface area contributed by atoms with Crippen molar-refractivity contribution in [2.45, 2.75) is 19.9 Å². The zero-order valence-electron chi connectivity index (χ0n) is 10.6. The van der Waals surface area contributed by atoms with Gasteiger partial charge in [0.25, 0.3) is 0 Å². The summed E-state index contributed by atoms with van der Waals surface area (Å²) in [5, 5.41) is 3.51. The quantitative estimate of drug-likeness (QED) is 0.872. The van der Waals surface area contributed by atoms with Gasteiger partial charge in [-0.2, -0.15) is 0 Å². The molecule has 1 aromatic heterocycles. The van der Waals surface area contributed by atoms with Crippen molar-refractivity contribution in [2.24, 2.45) is 7.05 Å². The van der Waals surface area contributed by atoms with Gasteiger partial charge in [-0.05, 0) is 19.0 Å². The summed E-state index contributed by atoms with van der Waals surface area (Å²) in [6.45, 7) is 5.18. The van der Waals surface area contributed by atoms with Gasteiger partial charge in [-0.1, -0.05) is 36.8 Å². The van der Waals surface area contributed by atoms with Crippen LogP contribution in [0.1, 0.15) is 29.8 Å². The molecule has 0 amide bonds. The average Bonchev–Trinajstić information content (AvgIpc) is 2.72. The zero-order valence-corrected chi connectivity index (χ0v) is 10.6. The van der Waals surface area contributed by atoms with Crippen LogP contribution in [0, 0.1) is 6.92 Å². The first-order valence-corrected chi connectivity index (χ1v) is 5.98. The van der Waals surface area contributed by atoms with Crippen molar-refractivity contribution in [2.75, 3.05) is 6.54 Å². The van der Waals surface area contributed by atoms with E-state index in [0.717, 1.165) is 6.54 Å². The summed E-state index contributed by atoms with van der Waals surface area (Å²) in [7, 11) is 2.03. The maximum Gasteiger partial charge on any atom is 0.0946 e. The highest BCUT2D eigenvalue weighted by atomic mass is 15.1. The van der Waals surface area contributed by atoms with Gasteiger partial charge in [0.1, 0.15) is 0 Å². The first-order chi connectivity index (χ1) is 8.22. The molecule has 0 aliphatic heterocycles. The average molecular weight is 229 g/mol. The fraction of sp³-hybridized carbons (Fsp3) is 0.357. The number of imidazole rings is 1. The third-order valence-corrected chi connectivity index (χ3v) is 2.93. The van der Waals surface area contributed by atoms with Crippen LogP contribution in [0.4, 0.5) is 0 Å². The van der Waals surface area contributed by atoms with Gasteiger partial charge in [0, 0.05) is 7.05 Å². The largest absolute Gasteiger partial charge is 0.336 e. The Bertz CT molecular complexity index is 488. The first kappa shape index (κ1) is 11.9. The van der Waals surface area contributed by atoms with Gasteiger partial charge in [-0.15, -0.1) is 0 Å². The monoisotopic (exact) mass is 229 g/mol. The molecule has 3 heteroatoms. The lowest BCUT2D eigenvalue weighted by atomic mass is 10.0. The molecule has 1 heterocycles. The van der Waals surface area contributed by atoms with Crippen LogP contribution in [-0.4, -0.2) is 16.1 Å². The van der Waals surface area contributed by atoms with E-state index in [4.69, 9.17) is 0 Å². The molecule has 0 fully saturated rings. The van der Waals surface area contributed by atoms with E-state index in [1.807, 2.05) is 19.6 Å². The molecule has 3 nitrogen and oxygen atoms in total. The summed E-state index contributed by atoms with van der Waals surface area (Å²) in [6.07, 6.45) is 3.77. The van der Waals surface area contributed by atoms with E-state index in [9.17, 15) is 0 Å². The number of hydrogen-bond donors (Lipinski definition) is 1. The third-order valence-electron chi connectivity index (χ3n) is 2.93. The van der Waals surface area contributed by atoms with Crippen LogP contribution in [0.25, 0.3) is 0 Å². The van der Waals surface area contributed by atoms with Crippen LogP contribution in [0.15, 0.2) is 36.8 Å². The van der Waals surface area contributed by atoms with Crippen LogP contribution >= 0.6 is 0 Å². The second-order valence-corrected chi connectivity index (χ2v) is 4.33. The van der Waals surface area contributed by atoms with Crippen molar-refractivity contribution < 1.29 is 0 Å². The number of nitrogens with zero attached hydrogens (tertiary/aromatic N) is 2. The van der Waals surface area contributed by atoms with Crippen LogP contribution < -0.4 is 5.32 Å². The Kier molecular flexibility index (Phi) is 3.59. The van der Waals surface area contributed by atoms with Crippen molar-refractivity contribution in [3.05, 3.63) is 53.6 Å². The van der Waals surface area contributed by atoms with Gasteiger partial charge in [0.15, 0.2) is 0 Å². The summed E-state index contributed by atoms with van der Waals surface area (Å²) >= 11 is 0. The molecule has 2 aromatic rings. The highest BCUT2D eigenvalue weighted by molar-refractivity contribution is 5.30. The Morgan fingerprint density at radius 3 is 2.82 bits per heavy atom. The van der Waals surface area contributed by atoms with Crippen molar-refractivity contribution in [1.29, 1.82) is 0 Å². The van der Waals surface area contributed by atoms with E-state index >= 15 is 0 Å². The molecule has 17 heavy (non-hydrogen) atoms. The molecule has 2 rings (SSSR count). The number of rotatable bonds is 4. The number of benzene rings is 1. The maximum absolute atomic E-state index is 4.20. The van der Waals surface area contributed by atoms with E-state index in [1.54, 1.807) is 0 Å². The zero-order chi connectivity index (χ0) is 12.3. The van der Waals surface area contributed by atoms with E-state index < -0.39 is 0 Å². The van der Waals surface area contributed by atoms with Crippen LogP contribution in [0.2, 0.25) is 0 Å². The Morgan fingerprint density at radius 2 is 2.24 bits per heavy atom. The molecule has 1 unspecified atom stereocenters. The smallest absolute Gasteiger partial charge is 0.0946 e. The first-order valence-electron chi connectivity index (χ1n) is 5.98. The summed E-state index contributed by atoms with van der Waals surface area (Å²) in [5.41, 5.74) is 3.76. The minimum Gasteiger partial charge on any atom is -0.336 e. The minimum atomic E-state index is 0.215. The summed E-state index contributed by atoms with van der Waals surface area (Å²) in [4.78, 5) is 4.20. The Labute approximate surface area is 103 Å². The summed E-state index contributed by atoms with van der Waals surface area (Å²) in [5.74, 6) is 0. The van der Waals surface area contributed by atoms with Gasteiger partial charge in [0.05, 0.1) is 24.3 Å². The summed E-state index contributed by atoms with van der Waals surface area (Å²) in [6, 6.07) is 8.82. The highest BCUT2D eigenvalue weighted by Gasteiger charge is 2.15. The fourth-order valence-corrected chi connectivity index (χ4v) is 2.09. The molecule has 1 aromatic carbocycles. The molecule has 1 atom stereocenters. The lowest BCUT2D eigenvalue weighted by Crippen LogP contribution is -2.23. The predicted molar refractivity (Wildman–Crippen MR) is 69.9 cm³/mol. The van der Waals surface area contributed by atoms with Gasteiger partial charge >= 0.3 is 0 Å². The van der Waals surface area contributed by atoms with E-state index in [0.29, 0.717) is 0 Å². The van der Waals surface area contributed by atoms with Gasteiger partial charge < -0.3 is 9.88 Å². The molecule has 0 saturated heterocycles. The second kappa shape index (κ2) is 5.15. The molecule has 0 aliphatic rings.